The highest BCUT2D eigenvalue weighted by Gasteiger charge is 2.41. The van der Waals surface area contributed by atoms with Crippen molar-refractivity contribution in [3.63, 3.8) is 0 Å². The summed E-state index contributed by atoms with van der Waals surface area (Å²) in [4.78, 5) is 12.6. The quantitative estimate of drug-likeness (QED) is 0.854. The van der Waals surface area contributed by atoms with Crippen LogP contribution in [0.2, 0.25) is 0 Å². The van der Waals surface area contributed by atoms with E-state index in [1.54, 1.807) is 7.11 Å². The van der Waals surface area contributed by atoms with E-state index in [0.717, 1.165) is 44.3 Å². The summed E-state index contributed by atoms with van der Waals surface area (Å²) in [5, 5.41) is 3.18. The maximum Gasteiger partial charge on any atom is 0.240 e. The molecule has 0 spiro atoms. The van der Waals surface area contributed by atoms with E-state index in [1.807, 2.05) is 12.1 Å². The zero-order valence-electron chi connectivity index (χ0n) is 14.5. The first-order valence-corrected chi connectivity index (χ1v) is 8.80. The second-order valence-electron chi connectivity index (χ2n) is 7.23. The Kier molecular flexibility index (Phi) is 6.16. The summed E-state index contributed by atoms with van der Waals surface area (Å²) in [6.45, 7) is 0.658. The molecule has 0 aromatic heterocycles. The minimum Gasteiger partial charge on any atom is -0.496 e. The van der Waals surface area contributed by atoms with Crippen molar-refractivity contribution in [3.8, 4) is 5.75 Å². The average Bonchev–Trinajstić information content (AvgIpc) is 3.23. The molecule has 0 aliphatic heterocycles. The fourth-order valence-corrected chi connectivity index (χ4v) is 4.33. The van der Waals surface area contributed by atoms with Gasteiger partial charge in [-0.05, 0) is 31.7 Å². The Morgan fingerprint density at radius 2 is 1.71 bits per heavy atom. The number of carbonyl (C=O) groups excluding carboxylic acids is 1. The highest BCUT2D eigenvalue weighted by atomic mass is 35.5. The normalized spacial score (nSPS) is 21.1. The smallest absolute Gasteiger partial charge is 0.240 e. The number of nitrogens with two attached hydrogens (primary N) is 1. The lowest BCUT2D eigenvalue weighted by molar-refractivity contribution is -0.126. The van der Waals surface area contributed by atoms with E-state index >= 15 is 0 Å². The Hall–Kier alpha value is -1.26. The van der Waals surface area contributed by atoms with E-state index in [2.05, 4.69) is 17.4 Å². The van der Waals surface area contributed by atoms with E-state index in [1.165, 1.54) is 18.4 Å². The molecule has 2 saturated carbocycles. The third-order valence-corrected chi connectivity index (χ3v) is 5.77. The van der Waals surface area contributed by atoms with Crippen LogP contribution in [0.1, 0.15) is 56.9 Å². The molecular weight excluding hydrogens is 324 g/mol. The maximum atomic E-state index is 12.6. The lowest BCUT2D eigenvalue weighted by Gasteiger charge is -2.33. The zero-order valence-corrected chi connectivity index (χ0v) is 15.3. The first-order valence-electron chi connectivity index (χ1n) is 8.80. The fourth-order valence-electron chi connectivity index (χ4n) is 4.33. The summed E-state index contributed by atoms with van der Waals surface area (Å²) in [7, 11) is 1.72. The predicted molar refractivity (Wildman–Crippen MR) is 98.8 cm³/mol. The number of rotatable bonds is 5. The van der Waals surface area contributed by atoms with Gasteiger partial charge in [0, 0.05) is 17.5 Å². The monoisotopic (exact) mass is 352 g/mol. The molecule has 134 valence electrons. The summed E-state index contributed by atoms with van der Waals surface area (Å²) in [6.07, 6.45) is 8.30. The molecule has 2 aliphatic rings. The van der Waals surface area contributed by atoms with Gasteiger partial charge in [-0.3, -0.25) is 4.79 Å². The van der Waals surface area contributed by atoms with Gasteiger partial charge in [-0.2, -0.15) is 0 Å². The first kappa shape index (κ1) is 19.1. The summed E-state index contributed by atoms with van der Waals surface area (Å²) < 4.78 is 5.57. The molecule has 0 saturated heterocycles. The zero-order chi connectivity index (χ0) is 16.3. The van der Waals surface area contributed by atoms with Gasteiger partial charge in [0.2, 0.25) is 5.91 Å². The summed E-state index contributed by atoms with van der Waals surface area (Å²) in [5.41, 5.74) is 6.84. The van der Waals surface area contributed by atoms with Crippen LogP contribution < -0.4 is 15.8 Å². The number of ether oxygens (including phenoxy) is 1. The number of para-hydroxylation sites is 1. The molecule has 0 radical (unpaired) electrons. The number of amides is 1. The van der Waals surface area contributed by atoms with E-state index in [-0.39, 0.29) is 23.7 Å². The summed E-state index contributed by atoms with van der Waals surface area (Å²) in [6, 6.07) is 8.21. The Balaban J connectivity index is 0.00000208. The van der Waals surface area contributed by atoms with E-state index in [4.69, 9.17) is 10.5 Å². The lowest BCUT2D eigenvalue weighted by atomic mass is 9.78. The molecule has 0 unspecified atom stereocenters. The van der Waals surface area contributed by atoms with Gasteiger partial charge >= 0.3 is 0 Å². The van der Waals surface area contributed by atoms with Crippen molar-refractivity contribution >= 4 is 18.3 Å². The lowest BCUT2D eigenvalue weighted by Crippen LogP contribution is -2.54. The molecule has 5 heteroatoms. The van der Waals surface area contributed by atoms with Crippen LogP contribution in [0.3, 0.4) is 0 Å². The second-order valence-corrected chi connectivity index (χ2v) is 7.23. The molecule has 24 heavy (non-hydrogen) atoms. The summed E-state index contributed by atoms with van der Waals surface area (Å²) in [5.74, 6) is 0.947. The van der Waals surface area contributed by atoms with Gasteiger partial charge in [0.15, 0.2) is 0 Å². The molecule has 0 bridgehead atoms. The van der Waals surface area contributed by atoms with Gasteiger partial charge in [-0.1, -0.05) is 43.9 Å². The van der Waals surface area contributed by atoms with Gasteiger partial charge in [0.1, 0.15) is 5.75 Å². The molecular formula is C19H29ClN2O2. The topological polar surface area (TPSA) is 64.3 Å². The van der Waals surface area contributed by atoms with Gasteiger partial charge in [0.25, 0.3) is 0 Å². The van der Waals surface area contributed by atoms with Gasteiger partial charge in [0.05, 0.1) is 12.6 Å². The number of nitrogens with one attached hydrogen (secondary N) is 1. The largest absolute Gasteiger partial charge is 0.496 e. The molecule has 0 heterocycles. The SMILES string of the molecule is COc1ccccc1C1(CNC(=O)C2(N)CCCC2)CCCC1.Cl. The number of halogens is 1. The van der Waals surface area contributed by atoms with Crippen LogP contribution in [-0.4, -0.2) is 25.1 Å². The summed E-state index contributed by atoms with van der Waals surface area (Å²) >= 11 is 0. The Bertz CT molecular complexity index is 564. The Labute approximate surface area is 150 Å². The third kappa shape index (κ3) is 3.55. The molecule has 1 aromatic rings. The van der Waals surface area contributed by atoms with Crippen molar-refractivity contribution in [1.29, 1.82) is 0 Å². The van der Waals surface area contributed by atoms with Crippen LogP contribution in [0.5, 0.6) is 5.75 Å². The van der Waals surface area contributed by atoms with Crippen molar-refractivity contribution in [1.82, 2.24) is 5.32 Å². The second kappa shape index (κ2) is 7.75. The standard InChI is InChI=1S/C19H28N2O2.ClH/c1-23-16-9-3-2-8-15(16)18(10-4-5-11-18)14-21-17(22)19(20)12-6-7-13-19;/h2-3,8-9H,4-7,10-14,20H2,1H3,(H,21,22);1H. The van der Waals surface area contributed by atoms with Crippen LogP contribution in [0, 0.1) is 0 Å². The average molecular weight is 353 g/mol. The first-order chi connectivity index (χ1) is 11.1. The molecule has 1 aromatic carbocycles. The minimum atomic E-state index is -0.652. The predicted octanol–water partition coefficient (Wildman–Crippen LogP) is 3.32. The number of hydrogen-bond donors (Lipinski definition) is 2. The van der Waals surface area contributed by atoms with E-state index in [0.29, 0.717) is 6.54 Å². The number of methoxy groups -OCH3 is 1. The number of hydrogen-bond acceptors (Lipinski definition) is 3. The van der Waals surface area contributed by atoms with Crippen molar-refractivity contribution < 1.29 is 9.53 Å². The molecule has 3 rings (SSSR count). The van der Waals surface area contributed by atoms with Crippen LogP contribution in [0.25, 0.3) is 0 Å². The van der Waals surface area contributed by atoms with Crippen molar-refractivity contribution in [3.05, 3.63) is 29.8 Å². The van der Waals surface area contributed by atoms with Crippen LogP contribution in [0.4, 0.5) is 0 Å². The highest BCUT2D eigenvalue weighted by Crippen LogP contribution is 2.44. The number of benzene rings is 1. The maximum absolute atomic E-state index is 12.6. The van der Waals surface area contributed by atoms with Gasteiger partial charge < -0.3 is 15.8 Å². The van der Waals surface area contributed by atoms with Gasteiger partial charge in [-0.25, -0.2) is 0 Å². The molecule has 3 N–H and O–H groups in total. The van der Waals surface area contributed by atoms with E-state index < -0.39 is 5.54 Å². The molecule has 1 amide bonds. The molecule has 2 fully saturated rings. The van der Waals surface area contributed by atoms with Crippen LogP contribution in [0.15, 0.2) is 24.3 Å². The molecule has 0 atom stereocenters. The minimum absolute atomic E-state index is 0. The van der Waals surface area contributed by atoms with Crippen LogP contribution in [-0.2, 0) is 10.2 Å². The number of carbonyl (C=O) groups is 1. The van der Waals surface area contributed by atoms with Crippen molar-refractivity contribution in [2.45, 2.75) is 62.3 Å². The Morgan fingerprint density at radius 1 is 1.12 bits per heavy atom. The van der Waals surface area contributed by atoms with E-state index in [9.17, 15) is 4.79 Å². The van der Waals surface area contributed by atoms with Crippen molar-refractivity contribution in [2.24, 2.45) is 5.73 Å². The Morgan fingerprint density at radius 3 is 2.33 bits per heavy atom. The van der Waals surface area contributed by atoms with Crippen molar-refractivity contribution in [2.75, 3.05) is 13.7 Å². The fraction of sp³-hybridized carbons (Fsp3) is 0.632. The highest BCUT2D eigenvalue weighted by molar-refractivity contribution is 5.86. The molecule has 2 aliphatic carbocycles. The van der Waals surface area contributed by atoms with Crippen LogP contribution >= 0.6 is 12.4 Å². The third-order valence-electron chi connectivity index (χ3n) is 5.77. The van der Waals surface area contributed by atoms with Gasteiger partial charge in [-0.15, -0.1) is 12.4 Å². The molecule has 4 nitrogen and oxygen atoms in total.